The molecule has 0 aromatic heterocycles. The zero-order valence-corrected chi connectivity index (χ0v) is 13.3. The van der Waals surface area contributed by atoms with Gasteiger partial charge in [0.25, 0.3) is 5.91 Å². The van der Waals surface area contributed by atoms with Crippen LogP contribution in [0.3, 0.4) is 0 Å². The van der Waals surface area contributed by atoms with E-state index in [0.717, 1.165) is 0 Å². The summed E-state index contributed by atoms with van der Waals surface area (Å²) in [6.45, 7) is 5.31. The van der Waals surface area contributed by atoms with Gasteiger partial charge < -0.3 is 15.4 Å². The number of carbonyl (C=O) groups is 3. The van der Waals surface area contributed by atoms with Crippen LogP contribution in [0.4, 0.5) is 5.69 Å². The second-order valence-electron chi connectivity index (χ2n) is 5.44. The Bertz CT molecular complexity index is 555. The highest BCUT2D eigenvalue weighted by molar-refractivity contribution is 5.98. The molecule has 0 fully saturated rings. The van der Waals surface area contributed by atoms with Crippen LogP contribution in [-0.4, -0.2) is 30.9 Å². The molecule has 1 atom stereocenters. The van der Waals surface area contributed by atoms with E-state index in [1.807, 2.05) is 13.8 Å². The van der Waals surface area contributed by atoms with E-state index in [0.29, 0.717) is 17.7 Å². The first-order valence-corrected chi connectivity index (χ1v) is 7.09. The molecule has 0 saturated carbocycles. The molecule has 0 radical (unpaired) electrons. The molecule has 0 spiro atoms. The Balaban J connectivity index is 2.85. The molecule has 0 aliphatic carbocycles. The number of amides is 2. The second kappa shape index (κ2) is 8.17. The van der Waals surface area contributed by atoms with Crippen LogP contribution in [-0.2, 0) is 14.3 Å². The van der Waals surface area contributed by atoms with Crippen molar-refractivity contribution in [2.75, 3.05) is 12.4 Å². The van der Waals surface area contributed by atoms with Gasteiger partial charge in [-0.05, 0) is 30.5 Å². The van der Waals surface area contributed by atoms with Crippen molar-refractivity contribution < 1.29 is 19.1 Å². The maximum atomic E-state index is 12.3. The minimum atomic E-state index is -0.693. The van der Waals surface area contributed by atoms with Gasteiger partial charge in [-0.3, -0.25) is 9.59 Å². The summed E-state index contributed by atoms with van der Waals surface area (Å²) in [5.74, 6) is -0.844. The third-order valence-electron chi connectivity index (χ3n) is 2.94. The van der Waals surface area contributed by atoms with Gasteiger partial charge in [0.1, 0.15) is 6.04 Å². The molecule has 0 aliphatic rings. The smallest absolute Gasteiger partial charge is 0.328 e. The van der Waals surface area contributed by atoms with Crippen LogP contribution >= 0.6 is 0 Å². The van der Waals surface area contributed by atoms with Crippen LogP contribution in [0.15, 0.2) is 24.3 Å². The third-order valence-corrected chi connectivity index (χ3v) is 2.94. The van der Waals surface area contributed by atoms with Crippen LogP contribution < -0.4 is 10.6 Å². The summed E-state index contributed by atoms with van der Waals surface area (Å²) < 4.78 is 4.72. The van der Waals surface area contributed by atoms with Crippen LogP contribution in [0.25, 0.3) is 0 Å². The number of nitrogens with one attached hydrogen (secondary N) is 2. The van der Waals surface area contributed by atoms with E-state index in [-0.39, 0.29) is 17.7 Å². The lowest BCUT2D eigenvalue weighted by atomic mass is 10.0. The Morgan fingerprint density at radius 3 is 2.45 bits per heavy atom. The zero-order chi connectivity index (χ0) is 16.7. The minimum absolute atomic E-state index is 0.218. The molecule has 22 heavy (non-hydrogen) atoms. The predicted molar refractivity (Wildman–Crippen MR) is 83.5 cm³/mol. The summed E-state index contributed by atoms with van der Waals surface area (Å²) in [7, 11) is 1.29. The number of benzene rings is 1. The summed E-state index contributed by atoms with van der Waals surface area (Å²) in [6.07, 6.45) is 0.490. The lowest BCUT2D eigenvalue weighted by molar-refractivity contribution is -0.143. The van der Waals surface area contributed by atoms with Crippen molar-refractivity contribution >= 4 is 23.5 Å². The average molecular weight is 306 g/mol. The highest BCUT2D eigenvalue weighted by Gasteiger charge is 2.23. The van der Waals surface area contributed by atoms with Gasteiger partial charge in [-0.1, -0.05) is 19.9 Å². The first-order valence-electron chi connectivity index (χ1n) is 7.09. The highest BCUT2D eigenvalue weighted by atomic mass is 16.5. The lowest BCUT2D eigenvalue weighted by Crippen LogP contribution is -2.42. The minimum Gasteiger partial charge on any atom is -0.467 e. The van der Waals surface area contributed by atoms with Crippen molar-refractivity contribution in [3.63, 3.8) is 0 Å². The molecule has 1 rings (SSSR count). The third kappa shape index (κ3) is 5.55. The molecule has 0 bridgehead atoms. The first kappa shape index (κ1) is 17.7. The van der Waals surface area contributed by atoms with Crippen molar-refractivity contribution in [2.45, 2.75) is 33.2 Å². The Labute approximate surface area is 130 Å². The fourth-order valence-corrected chi connectivity index (χ4v) is 2.01. The number of esters is 1. The van der Waals surface area contributed by atoms with Gasteiger partial charge in [0.05, 0.1) is 7.11 Å². The lowest BCUT2D eigenvalue weighted by Gasteiger charge is -2.18. The molecule has 6 nitrogen and oxygen atoms in total. The molecule has 1 aromatic rings. The van der Waals surface area contributed by atoms with E-state index in [1.54, 1.807) is 24.3 Å². The molecule has 0 aliphatic heterocycles. The SMILES string of the molecule is COC(=O)C(CC(C)C)NC(=O)c1cccc(NC(C)=O)c1. The Kier molecular flexibility index (Phi) is 6.56. The molecule has 1 aromatic carbocycles. The molecular formula is C16H22N2O4. The van der Waals surface area contributed by atoms with Crippen LogP contribution in [0, 0.1) is 5.92 Å². The quantitative estimate of drug-likeness (QED) is 0.787. The summed E-state index contributed by atoms with van der Waals surface area (Å²) in [6, 6.07) is 5.83. The largest absolute Gasteiger partial charge is 0.467 e. The normalized spacial score (nSPS) is 11.7. The molecule has 120 valence electrons. The van der Waals surface area contributed by atoms with E-state index >= 15 is 0 Å². The van der Waals surface area contributed by atoms with Gasteiger partial charge in [-0.25, -0.2) is 4.79 Å². The predicted octanol–water partition coefficient (Wildman–Crippen LogP) is 1.96. The standard InChI is InChI=1S/C16H22N2O4/c1-10(2)8-14(16(21)22-4)18-15(20)12-6-5-7-13(9-12)17-11(3)19/h5-7,9-10,14H,8H2,1-4H3,(H,17,19)(H,18,20). The van der Waals surface area contributed by atoms with Gasteiger partial charge in [-0.2, -0.15) is 0 Å². The molecule has 2 amide bonds. The summed E-state index contributed by atoms with van der Waals surface area (Å²) in [5, 5.41) is 5.28. The van der Waals surface area contributed by atoms with Gasteiger partial charge in [0.15, 0.2) is 0 Å². The average Bonchev–Trinajstić information content (AvgIpc) is 2.44. The van der Waals surface area contributed by atoms with Gasteiger partial charge in [0.2, 0.25) is 5.91 Å². The maximum absolute atomic E-state index is 12.3. The second-order valence-corrected chi connectivity index (χ2v) is 5.44. The van der Waals surface area contributed by atoms with Gasteiger partial charge >= 0.3 is 5.97 Å². The number of rotatable bonds is 6. The molecular weight excluding hydrogens is 284 g/mol. The molecule has 1 unspecified atom stereocenters. The van der Waals surface area contributed by atoms with Crippen LogP contribution in [0.5, 0.6) is 0 Å². The molecule has 6 heteroatoms. The number of anilines is 1. The van der Waals surface area contributed by atoms with Crippen molar-refractivity contribution in [2.24, 2.45) is 5.92 Å². The van der Waals surface area contributed by atoms with Crippen molar-refractivity contribution in [1.29, 1.82) is 0 Å². The fourth-order valence-electron chi connectivity index (χ4n) is 2.01. The highest BCUT2D eigenvalue weighted by Crippen LogP contribution is 2.12. The van der Waals surface area contributed by atoms with E-state index in [9.17, 15) is 14.4 Å². The van der Waals surface area contributed by atoms with E-state index in [2.05, 4.69) is 10.6 Å². The fraction of sp³-hybridized carbons (Fsp3) is 0.438. The summed E-state index contributed by atoms with van der Waals surface area (Å²) in [4.78, 5) is 35.0. The Morgan fingerprint density at radius 1 is 1.23 bits per heavy atom. The zero-order valence-electron chi connectivity index (χ0n) is 13.3. The molecule has 0 saturated heterocycles. The van der Waals surface area contributed by atoms with Gasteiger partial charge in [0, 0.05) is 18.2 Å². The van der Waals surface area contributed by atoms with E-state index < -0.39 is 12.0 Å². The number of hydrogen-bond acceptors (Lipinski definition) is 4. The Morgan fingerprint density at radius 2 is 1.91 bits per heavy atom. The molecule has 2 N–H and O–H groups in total. The summed E-state index contributed by atoms with van der Waals surface area (Å²) in [5.41, 5.74) is 0.891. The van der Waals surface area contributed by atoms with Crippen molar-refractivity contribution in [1.82, 2.24) is 5.32 Å². The monoisotopic (exact) mass is 306 g/mol. The van der Waals surface area contributed by atoms with Crippen LogP contribution in [0.2, 0.25) is 0 Å². The maximum Gasteiger partial charge on any atom is 0.328 e. The Hall–Kier alpha value is -2.37. The topological polar surface area (TPSA) is 84.5 Å². The molecule has 0 heterocycles. The number of hydrogen-bond donors (Lipinski definition) is 2. The van der Waals surface area contributed by atoms with Gasteiger partial charge in [-0.15, -0.1) is 0 Å². The summed E-state index contributed by atoms with van der Waals surface area (Å²) >= 11 is 0. The van der Waals surface area contributed by atoms with Crippen LogP contribution in [0.1, 0.15) is 37.6 Å². The first-order chi connectivity index (χ1) is 10.3. The van der Waals surface area contributed by atoms with Crippen molar-refractivity contribution in [3.8, 4) is 0 Å². The number of carbonyl (C=O) groups excluding carboxylic acids is 3. The number of ether oxygens (including phenoxy) is 1. The van der Waals surface area contributed by atoms with E-state index in [1.165, 1.54) is 14.0 Å². The number of methoxy groups -OCH3 is 1. The van der Waals surface area contributed by atoms with E-state index in [4.69, 9.17) is 4.74 Å². The van der Waals surface area contributed by atoms with Crippen molar-refractivity contribution in [3.05, 3.63) is 29.8 Å².